The Hall–Kier alpha value is 0.870. The first-order valence-electron chi connectivity index (χ1n) is 14.7. The maximum Gasteiger partial charge on any atom is 1.00 e. The molecule has 0 aromatic heterocycles. The Morgan fingerprint density at radius 1 is 0.382 bits per heavy atom. The van der Waals surface area contributed by atoms with E-state index >= 15 is 0 Å². The first-order valence-corrected chi connectivity index (χ1v) is 16.0. The minimum absolute atomic E-state index is 0. The van der Waals surface area contributed by atoms with Gasteiger partial charge < -0.3 is 0 Å². The number of rotatable bonds is 28. The molecule has 0 aliphatic rings. The summed E-state index contributed by atoms with van der Waals surface area (Å²) in [6, 6.07) is 0. The van der Waals surface area contributed by atoms with Gasteiger partial charge in [0.05, 0.1) is 13.2 Å². The average molecular weight is 514 g/mol. The second kappa shape index (κ2) is 30.1. The van der Waals surface area contributed by atoms with Crippen LogP contribution in [0.25, 0.3) is 0 Å². The van der Waals surface area contributed by atoms with Crippen LogP contribution < -0.4 is 29.6 Å². The van der Waals surface area contributed by atoms with Gasteiger partial charge in [0.2, 0.25) is 0 Å². The Morgan fingerprint density at radius 3 is 0.824 bits per heavy atom. The molecule has 0 heterocycles. The zero-order valence-corrected chi connectivity index (χ0v) is 26.2. The molecule has 4 nitrogen and oxygen atoms in total. The maximum atomic E-state index is 11.8. The predicted octanol–water partition coefficient (Wildman–Crippen LogP) is 6.67. The van der Waals surface area contributed by atoms with Crippen LogP contribution >= 0.6 is 0 Å². The van der Waals surface area contributed by atoms with Crippen molar-refractivity contribution in [2.45, 2.75) is 168 Å². The Morgan fingerprint density at radius 2 is 0.588 bits per heavy atom. The molecular weight excluding hydrogens is 455 g/mol. The van der Waals surface area contributed by atoms with Gasteiger partial charge in [-0.2, -0.15) is 8.42 Å². The summed E-state index contributed by atoms with van der Waals surface area (Å²) in [5.74, 6) is 0. The molecular formula is C28H58NaO4S+. The summed E-state index contributed by atoms with van der Waals surface area (Å²) in [4.78, 5) is 0. The molecule has 0 aromatic carbocycles. The Bertz CT molecular complexity index is 435. The molecule has 200 valence electrons. The van der Waals surface area contributed by atoms with Crippen LogP contribution in [-0.2, 0) is 18.8 Å². The summed E-state index contributed by atoms with van der Waals surface area (Å²) in [7, 11) is -3.81. The van der Waals surface area contributed by atoms with Gasteiger partial charge in [0.1, 0.15) is 0 Å². The van der Waals surface area contributed by atoms with E-state index in [9.17, 15) is 8.42 Å². The summed E-state index contributed by atoms with van der Waals surface area (Å²) in [6.07, 6.45) is 30.2. The molecule has 6 heteroatoms. The third-order valence-electron chi connectivity index (χ3n) is 6.45. The van der Waals surface area contributed by atoms with Gasteiger partial charge >= 0.3 is 40.0 Å². The van der Waals surface area contributed by atoms with Gasteiger partial charge in [-0.15, -0.1) is 0 Å². The number of unbranched alkanes of at least 4 members (excludes halogenated alkanes) is 22. The summed E-state index contributed by atoms with van der Waals surface area (Å²) >= 11 is 0. The standard InChI is InChI=1S/C28H58O4S.Na/c1-3-5-7-9-11-13-15-17-19-21-23-25-27-31-33(29,30)32-28-26-24-22-20-18-16-14-12-10-8-6-4-2;/h3-28H2,1-2H3;/q;+1. The number of hydrogen-bond donors (Lipinski definition) is 0. The molecule has 0 N–H and O–H groups in total. The molecule has 0 radical (unpaired) electrons. The number of hydrogen-bond acceptors (Lipinski definition) is 4. The SMILES string of the molecule is CCCCCCCCCCCCCCOS(=O)(=O)OCCCCCCCCCCCCCC.[Na+]. The van der Waals surface area contributed by atoms with E-state index in [-0.39, 0.29) is 42.8 Å². The van der Waals surface area contributed by atoms with Crippen molar-refractivity contribution in [3.63, 3.8) is 0 Å². The molecule has 0 spiro atoms. The van der Waals surface area contributed by atoms with Gasteiger partial charge in [0, 0.05) is 0 Å². The van der Waals surface area contributed by atoms with Crippen molar-refractivity contribution in [2.75, 3.05) is 13.2 Å². The van der Waals surface area contributed by atoms with Crippen LogP contribution in [0, 0.1) is 0 Å². The van der Waals surface area contributed by atoms with E-state index in [1.54, 1.807) is 0 Å². The van der Waals surface area contributed by atoms with Crippen LogP contribution in [-0.4, -0.2) is 21.6 Å². The zero-order chi connectivity index (χ0) is 24.3. The molecule has 0 saturated carbocycles. The Labute approximate surface area is 236 Å². The topological polar surface area (TPSA) is 52.6 Å². The molecule has 0 saturated heterocycles. The second-order valence-electron chi connectivity index (χ2n) is 9.83. The molecule has 0 amide bonds. The fraction of sp³-hybridized carbons (Fsp3) is 1.00. The Balaban J connectivity index is 0. The molecule has 34 heavy (non-hydrogen) atoms. The predicted molar refractivity (Wildman–Crippen MR) is 143 cm³/mol. The van der Waals surface area contributed by atoms with Crippen molar-refractivity contribution < 1.29 is 46.3 Å². The smallest absolute Gasteiger partial charge is 0.248 e. The van der Waals surface area contributed by atoms with E-state index < -0.39 is 10.4 Å². The summed E-state index contributed by atoms with van der Waals surface area (Å²) in [5, 5.41) is 0. The van der Waals surface area contributed by atoms with Crippen molar-refractivity contribution >= 4 is 10.4 Å². The van der Waals surface area contributed by atoms with Crippen LogP contribution in [0.5, 0.6) is 0 Å². The first-order chi connectivity index (χ1) is 16.1. The van der Waals surface area contributed by atoms with Crippen LogP contribution in [0.2, 0.25) is 0 Å². The van der Waals surface area contributed by atoms with Crippen molar-refractivity contribution in [3.05, 3.63) is 0 Å². The maximum absolute atomic E-state index is 11.8. The van der Waals surface area contributed by atoms with Crippen molar-refractivity contribution in [1.29, 1.82) is 0 Å². The first kappa shape index (κ1) is 37.0. The van der Waals surface area contributed by atoms with Gasteiger partial charge in [0.25, 0.3) is 0 Å². The summed E-state index contributed by atoms with van der Waals surface area (Å²) in [5.41, 5.74) is 0. The van der Waals surface area contributed by atoms with E-state index in [2.05, 4.69) is 13.8 Å². The second-order valence-corrected chi connectivity index (χ2v) is 11.1. The van der Waals surface area contributed by atoms with E-state index in [0.717, 1.165) is 25.7 Å². The van der Waals surface area contributed by atoms with Crippen molar-refractivity contribution in [3.8, 4) is 0 Å². The van der Waals surface area contributed by atoms with Gasteiger partial charge in [-0.3, -0.25) is 0 Å². The fourth-order valence-corrected chi connectivity index (χ4v) is 4.95. The normalized spacial score (nSPS) is 11.6. The molecule has 0 aliphatic carbocycles. The average Bonchev–Trinajstić information content (AvgIpc) is 2.80. The summed E-state index contributed by atoms with van der Waals surface area (Å²) < 4.78 is 33.5. The third-order valence-corrected chi connectivity index (χ3v) is 7.36. The van der Waals surface area contributed by atoms with Crippen LogP contribution in [0.1, 0.15) is 168 Å². The Kier molecular flexibility index (Phi) is 32.8. The van der Waals surface area contributed by atoms with Gasteiger partial charge in [-0.1, -0.05) is 155 Å². The molecule has 0 aliphatic heterocycles. The zero-order valence-electron chi connectivity index (χ0n) is 23.4. The molecule has 0 rings (SSSR count). The van der Waals surface area contributed by atoms with E-state index in [1.807, 2.05) is 0 Å². The van der Waals surface area contributed by atoms with E-state index in [4.69, 9.17) is 8.37 Å². The minimum atomic E-state index is -3.81. The van der Waals surface area contributed by atoms with Gasteiger partial charge in [-0.05, 0) is 12.8 Å². The van der Waals surface area contributed by atoms with E-state index in [0.29, 0.717) is 0 Å². The molecule has 0 aromatic rings. The molecule has 0 fully saturated rings. The van der Waals surface area contributed by atoms with Crippen LogP contribution in [0.15, 0.2) is 0 Å². The largest absolute Gasteiger partial charge is 1.00 e. The fourth-order valence-electron chi connectivity index (χ4n) is 4.24. The van der Waals surface area contributed by atoms with E-state index in [1.165, 1.54) is 128 Å². The van der Waals surface area contributed by atoms with Crippen LogP contribution in [0.3, 0.4) is 0 Å². The quantitative estimate of drug-likeness (QED) is 0.0866. The molecule has 0 unspecified atom stereocenters. The van der Waals surface area contributed by atoms with Crippen molar-refractivity contribution in [1.82, 2.24) is 0 Å². The third kappa shape index (κ3) is 30.9. The van der Waals surface area contributed by atoms with Crippen molar-refractivity contribution in [2.24, 2.45) is 0 Å². The van der Waals surface area contributed by atoms with Gasteiger partial charge in [-0.25, -0.2) is 8.37 Å². The summed E-state index contributed by atoms with van der Waals surface area (Å²) in [6.45, 7) is 5.01. The van der Waals surface area contributed by atoms with Crippen LogP contribution in [0.4, 0.5) is 0 Å². The monoisotopic (exact) mass is 513 g/mol. The molecule has 0 atom stereocenters. The van der Waals surface area contributed by atoms with Gasteiger partial charge in [0.15, 0.2) is 0 Å². The molecule has 0 bridgehead atoms. The minimum Gasteiger partial charge on any atom is -0.248 e.